The molecule has 0 bridgehead atoms. The highest BCUT2D eigenvalue weighted by Gasteiger charge is 2.17. The minimum absolute atomic E-state index is 0.409. The number of amides is 1. The van der Waals surface area contributed by atoms with Crippen molar-refractivity contribution in [1.82, 2.24) is 5.32 Å². The summed E-state index contributed by atoms with van der Waals surface area (Å²) in [6.07, 6.45) is 8.04. The standard InChI is InChI=1S/C15H23NO3/c1-15(2,3)19-14(18)16-11-13-8-5-4-7-12(13)9-6-10-17/h7-8,10H,4-6,9,11H2,1-3H3,(H,16,18). The summed E-state index contributed by atoms with van der Waals surface area (Å²) in [5.74, 6) is 0. The number of carbonyl (C=O) groups excluding carboxylic acids is 2. The molecule has 0 aliphatic heterocycles. The molecule has 1 N–H and O–H groups in total. The smallest absolute Gasteiger partial charge is 0.407 e. The SMILES string of the molecule is CC(C)(C)OC(=O)NCC1=CCCC=C1CCC=O. The first-order valence-electron chi connectivity index (χ1n) is 6.71. The van der Waals surface area contributed by atoms with Crippen LogP contribution in [-0.2, 0) is 9.53 Å². The molecule has 0 heterocycles. The van der Waals surface area contributed by atoms with Gasteiger partial charge in [-0.1, -0.05) is 12.2 Å². The summed E-state index contributed by atoms with van der Waals surface area (Å²) in [7, 11) is 0. The van der Waals surface area contributed by atoms with E-state index in [9.17, 15) is 9.59 Å². The minimum Gasteiger partial charge on any atom is -0.444 e. The molecule has 1 amide bonds. The van der Waals surface area contributed by atoms with Gasteiger partial charge in [-0.3, -0.25) is 0 Å². The van der Waals surface area contributed by atoms with Crippen LogP contribution >= 0.6 is 0 Å². The van der Waals surface area contributed by atoms with Gasteiger partial charge in [0.15, 0.2) is 0 Å². The molecule has 4 nitrogen and oxygen atoms in total. The molecule has 0 saturated heterocycles. The van der Waals surface area contributed by atoms with Crippen molar-refractivity contribution in [2.75, 3.05) is 6.54 Å². The second-order valence-electron chi connectivity index (χ2n) is 5.60. The average Bonchev–Trinajstić information content (AvgIpc) is 2.32. The fourth-order valence-corrected chi connectivity index (χ4v) is 1.92. The Morgan fingerprint density at radius 1 is 1.32 bits per heavy atom. The Kier molecular flexibility index (Phi) is 5.80. The van der Waals surface area contributed by atoms with Crippen molar-refractivity contribution in [3.05, 3.63) is 23.3 Å². The molecule has 1 aliphatic carbocycles. The van der Waals surface area contributed by atoms with Gasteiger partial charge in [0, 0.05) is 13.0 Å². The van der Waals surface area contributed by atoms with Gasteiger partial charge in [0.1, 0.15) is 11.9 Å². The number of aldehydes is 1. The first-order chi connectivity index (χ1) is 8.92. The zero-order valence-corrected chi connectivity index (χ0v) is 12.0. The molecule has 0 saturated carbocycles. The minimum atomic E-state index is -0.485. The van der Waals surface area contributed by atoms with E-state index in [-0.39, 0.29) is 0 Å². The van der Waals surface area contributed by atoms with Crippen molar-refractivity contribution >= 4 is 12.4 Å². The Labute approximate surface area is 114 Å². The van der Waals surface area contributed by atoms with Crippen LogP contribution < -0.4 is 5.32 Å². The molecule has 106 valence electrons. The molecule has 0 spiro atoms. The fourth-order valence-electron chi connectivity index (χ4n) is 1.92. The Bertz CT molecular complexity index is 389. The van der Waals surface area contributed by atoms with Gasteiger partial charge >= 0.3 is 6.09 Å². The third-order valence-corrected chi connectivity index (χ3v) is 2.71. The molecule has 4 heteroatoms. The van der Waals surface area contributed by atoms with Gasteiger partial charge in [-0.05, 0) is 51.2 Å². The number of ether oxygens (including phenoxy) is 1. The Morgan fingerprint density at radius 2 is 1.95 bits per heavy atom. The summed E-state index contributed by atoms with van der Waals surface area (Å²) in [5, 5.41) is 2.76. The van der Waals surface area contributed by atoms with E-state index in [1.807, 2.05) is 20.8 Å². The summed E-state index contributed by atoms with van der Waals surface area (Å²) in [5.41, 5.74) is 1.77. The van der Waals surface area contributed by atoms with Crippen molar-refractivity contribution in [2.45, 2.75) is 52.1 Å². The molecular weight excluding hydrogens is 242 g/mol. The zero-order chi connectivity index (χ0) is 14.3. The highest BCUT2D eigenvalue weighted by molar-refractivity contribution is 5.68. The molecule has 0 aromatic rings. The van der Waals surface area contributed by atoms with Gasteiger partial charge in [-0.25, -0.2) is 4.79 Å². The molecule has 1 aliphatic rings. The number of allylic oxidation sites excluding steroid dienone is 2. The maximum absolute atomic E-state index is 11.6. The van der Waals surface area contributed by atoms with E-state index >= 15 is 0 Å². The first kappa shape index (κ1) is 15.5. The van der Waals surface area contributed by atoms with Crippen LogP contribution in [0.3, 0.4) is 0 Å². The van der Waals surface area contributed by atoms with Gasteiger partial charge in [0.25, 0.3) is 0 Å². The zero-order valence-electron chi connectivity index (χ0n) is 12.0. The topological polar surface area (TPSA) is 55.4 Å². The second-order valence-corrected chi connectivity index (χ2v) is 5.60. The van der Waals surface area contributed by atoms with Crippen molar-refractivity contribution in [3.8, 4) is 0 Å². The third kappa shape index (κ3) is 6.22. The largest absolute Gasteiger partial charge is 0.444 e. The Balaban J connectivity index is 2.46. The van der Waals surface area contributed by atoms with Crippen LogP contribution in [0, 0.1) is 0 Å². The van der Waals surface area contributed by atoms with Gasteiger partial charge in [0.2, 0.25) is 0 Å². The molecule has 0 atom stereocenters. The van der Waals surface area contributed by atoms with Crippen molar-refractivity contribution < 1.29 is 14.3 Å². The number of carbonyl (C=O) groups is 2. The van der Waals surface area contributed by atoms with Gasteiger partial charge in [0.05, 0.1) is 0 Å². The lowest BCUT2D eigenvalue weighted by Crippen LogP contribution is -2.33. The molecule has 19 heavy (non-hydrogen) atoms. The highest BCUT2D eigenvalue weighted by Crippen LogP contribution is 2.22. The lowest BCUT2D eigenvalue weighted by atomic mass is 9.94. The highest BCUT2D eigenvalue weighted by atomic mass is 16.6. The quantitative estimate of drug-likeness (QED) is 0.777. The van der Waals surface area contributed by atoms with E-state index in [2.05, 4.69) is 17.5 Å². The van der Waals surface area contributed by atoms with Gasteiger partial charge in [-0.15, -0.1) is 0 Å². The van der Waals surface area contributed by atoms with Crippen LogP contribution in [-0.4, -0.2) is 24.5 Å². The van der Waals surface area contributed by atoms with E-state index in [0.717, 1.165) is 36.7 Å². The average molecular weight is 265 g/mol. The fraction of sp³-hybridized carbons (Fsp3) is 0.600. The van der Waals surface area contributed by atoms with E-state index in [0.29, 0.717) is 13.0 Å². The van der Waals surface area contributed by atoms with Crippen LogP contribution in [0.5, 0.6) is 0 Å². The van der Waals surface area contributed by atoms with Crippen LogP contribution in [0.2, 0.25) is 0 Å². The maximum atomic E-state index is 11.6. The third-order valence-electron chi connectivity index (χ3n) is 2.71. The summed E-state index contributed by atoms with van der Waals surface area (Å²) in [6.45, 7) is 5.96. The van der Waals surface area contributed by atoms with Gasteiger partial charge in [-0.2, -0.15) is 0 Å². The molecule has 0 aromatic carbocycles. The summed E-state index contributed by atoms with van der Waals surface area (Å²) < 4.78 is 5.19. The lowest BCUT2D eigenvalue weighted by Gasteiger charge is -2.21. The predicted octanol–water partition coefficient (Wildman–Crippen LogP) is 3.14. The number of nitrogens with one attached hydrogen (secondary N) is 1. The summed E-state index contributed by atoms with van der Waals surface area (Å²) in [4.78, 5) is 22.0. The normalized spacial score (nSPS) is 15.3. The molecule has 0 radical (unpaired) electrons. The first-order valence-corrected chi connectivity index (χ1v) is 6.71. The predicted molar refractivity (Wildman–Crippen MR) is 74.9 cm³/mol. The van der Waals surface area contributed by atoms with Crippen molar-refractivity contribution in [3.63, 3.8) is 0 Å². The van der Waals surface area contributed by atoms with E-state index < -0.39 is 11.7 Å². The van der Waals surface area contributed by atoms with E-state index in [4.69, 9.17) is 4.74 Å². The van der Waals surface area contributed by atoms with Crippen molar-refractivity contribution in [1.29, 1.82) is 0 Å². The van der Waals surface area contributed by atoms with Gasteiger partial charge < -0.3 is 14.8 Å². The van der Waals surface area contributed by atoms with Crippen LogP contribution in [0.15, 0.2) is 23.3 Å². The Hall–Kier alpha value is -1.58. The second kappa shape index (κ2) is 7.12. The molecular formula is C15H23NO3. The van der Waals surface area contributed by atoms with Crippen molar-refractivity contribution in [2.24, 2.45) is 0 Å². The molecule has 0 fully saturated rings. The van der Waals surface area contributed by atoms with E-state index in [1.54, 1.807) is 0 Å². The monoisotopic (exact) mass is 265 g/mol. The number of hydrogen-bond acceptors (Lipinski definition) is 3. The summed E-state index contributed by atoms with van der Waals surface area (Å²) in [6, 6.07) is 0. The molecule has 0 unspecified atom stereocenters. The van der Waals surface area contributed by atoms with Crippen LogP contribution in [0.25, 0.3) is 0 Å². The number of hydrogen-bond donors (Lipinski definition) is 1. The maximum Gasteiger partial charge on any atom is 0.407 e. The summed E-state index contributed by atoms with van der Waals surface area (Å²) >= 11 is 0. The van der Waals surface area contributed by atoms with Crippen LogP contribution in [0.4, 0.5) is 4.79 Å². The van der Waals surface area contributed by atoms with E-state index in [1.165, 1.54) is 0 Å². The molecule has 1 rings (SSSR count). The number of rotatable bonds is 5. The molecule has 0 aromatic heterocycles. The lowest BCUT2D eigenvalue weighted by molar-refractivity contribution is -0.107. The van der Waals surface area contributed by atoms with Crippen LogP contribution in [0.1, 0.15) is 46.5 Å². The number of alkyl carbamates (subject to hydrolysis) is 1. The Morgan fingerprint density at radius 3 is 2.53 bits per heavy atom.